The molecule has 5 nitrogen and oxygen atoms in total. The summed E-state index contributed by atoms with van der Waals surface area (Å²) in [5.74, 6) is 2.28. The largest absolute Gasteiger partial charge is 0.399 e. The van der Waals surface area contributed by atoms with Crippen LogP contribution in [0.4, 0.5) is 5.69 Å². The summed E-state index contributed by atoms with van der Waals surface area (Å²) in [6.45, 7) is 5.18. The molecule has 1 saturated carbocycles. The maximum absolute atomic E-state index is 5.90. The normalized spacial score (nSPS) is 16.5. The highest BCUT2D eigenvalue weighted by Gasteiger charge is 2.29. The van der Waals surface area contributed by atoms with Crippen LogP contribution in [0.25, 0.3) is 11.4 Å². The maximum Gasteiger partial charge on any atom is 0.182 e. The number of nitrogens with two attached hydrogens (primary N) is 1. The number of tetrazole rings is 1. The van der Waals surface area contributed by atoms with Gasteiger partial charge in [0.05, 0.1) is 0 Å². The van der Waals surface area contributed by atoms with E-state index in [0.29, 0.717) is 5.92 Å². The Bertz CT molecular complexity index is 565. The van der Waals surface area contributed by atoms with Crippen LogP contribution in [0.5, 0.6) is 0 Å². The average molecular weight is 257 g/mol. The molecule has 1 aromatic heterocycles. The van der Waals surface area contributed by atoms with E-state index in [-0.39, 0.29) is 0 Å². The Balaban J connectivity index is 1.89. The standard InChI is InChI=1S/C14H19N5/c1-9-5-12(7-13(15)6-9)14-16-17-18-19(14)8-10(2)11-3-4-11/h5-7,10-11H,3-4,8,15H2,1-2H3. The number of aryl methyl sites for hydroxylation is 1. The van der Waals surface area contributed by atoms with Crippen molar-refractivity contribution in [3.63, 3.8) is 0 Å². The molecule has 1 aliphatic rings. The molecule has 19 heavy (non-hydrogen) atoms. The van der Waals surface area contributed by atoms with Gasteiger partial charge in [0.1, 0.15) is 0 Å². The van der Waals surface area contributed by atoms with Crippen molar-refractivity contribution in [1.82, 2.24) is 20.2 Å². The summed E-state index contributed by atoms with van der Waals surface area (Å²) >= 11 is 0. The van der Waals surface area contributed by atoms with Gasteiger partial charge in [-0.2, -0.15) is 0 Å². The van der Waals surface area contributed by atoms with Crippen LogP contribution in [0.2, 0.25) is 0 Å². The zero-order chi connectivity index (χ0) is 13.4. The van der Waals surface area contributed by atoms with E-state index in [0.717, 1.165) is 35.1 Å². The molecule has 2 aromatic rings. The van der Waals surface area contributed by atoms with E-state index >= 15 is 0 Å². The van der Waals surface area contributed by atoms with Crippen LogP contribution in [0.15, 0.2) is 18.2 Å². The Kier molecular flexibility index (Phi) is 2.97. The second-order valence-electron chi connectivity index (χ2n) is 5.63. The predicted octanol–water partition coefficient (Wildman–Crippen LogP) is 2.28. The lowest BCUT2D eigenvalue weighted by atomic mass is 10.1. The van der Waals surface area contributed by atoms with E-state index in [1.54, 1.807) is 0 Å². The smallest absolute Gasteiger partial charge is 0.182 e. The lowest BCUT2D eigenvalue weighted by molar-refractivity contribution is 0.402. The number of nitrogen functional groups attached to an aromatic ring is 1. The van der Waals surface area contributed by atoms with Crippen LogP contribution in [-0.2, 0) is 6.54 Å². The Morgan fingerprint density at radius 1 is 1.37 bits per heavy atom. The lowest BCUT2D eigenvalue weighted by Gasteiger charge is -2.11. The summed E-state index contributed by atoms with van der Waals surface area (Å²) in [7, 11) is 0. The molecule has 5 heteroatoms. The third kappa shape index (κ3) is 2.59. The molecule has 1 heterocycles. The molecular formula is C14H19N5. The minimum Gasteiger partial charge on any atom is -0.399 e. The van der Waals surface area contributed by atoms with Crippen LogP contribution in [0.1, 0.15) is 25.3 Å². The highest BCUT2D eigenvalue weighted by atomic mass is 15.5. The fraction of sp³-hybridized carbons (Fsp3) is 0.500. The number of rotatable bonds is 4. The van der Waals surface area contributed by atoms with E-state index in [4.69, 9.17) is 5.73 Å². The van der Waals surface area contributed by atoms with Crippen molar-refractivity contribution in [2.24, 2.45) is 11.8 Å². The average Bonchev–Trinajstić information content (AvgIpc) is 3.09. The summed E-state index contributed by atoms with van der Waals surface area (Å²) in [5, 5.41) is 12.1. The highest BCUT2D eigenvalue weighted by molar-refractivity contribution is 5.62. The summed E-state index contributed by atoms with van der Waals surface area (Å²) in [6.07, 6.45) is 2.69. The molecule has 0 amide bonds. The quantitative estimate of drug-likeness (QED) is 0.853. The first-order valence-electron chi connectivity index (χ1n) is 6.77. The van der Waals surface area contributed by atoms with Crippen molar-refractivity contribution < 1.29 is 0 Å². The third-order valence-corrected chi connectivity index (χ3v) is 3.78. The van der Waals surface area contributed by atoms with Gasteiger partial charge in [-0.1, -0.05) is 6.92 Å². The van der Waals surface area contributed by atoms with Crippen molar-refractivity contribution in [3.05, 3.63) is 23.8 Å². The SMILES string of the molecule is Cc1cc(N)cc(-c2nnnn2CC(C)C2CC2)c1. The van der Waals surface area contributed by atoms with Gasteiger partial charge in [-0.25, -0.2) is 4.68 Å². The number of hydrogen-bond acceptors (Lipinski definition) is 4. The minimum atomic E-state index is 0.629. The second-order valence-corrected chi connectivity index (χ2v) is 5.63. The molecular weight excluding hydrogens is 238 g/mol. The van der Waals surface area contributed by atoms with E-state index in [9.17, 15) is 0 Å². The maximum atomic E-state index is 5.90. The molecule has 0 saturated heterocycles. The van der Waals surface area contributed by atoms with Crippen LogP contribution < -0.4 is 5.73 Å². The molecule has 1 fully saturated rings. The number of nitrogens with zero attached hydrogens (tertiary/aromatic N) is 4. The predicted molar refractivity (Wildman–Crippen MR) is 74.3 cm³/mol. The zero-order valence-electron chi connectivity index (χ0n) is 11.4. The molecule has 2 N–H and O–H groups in total. The molecule has 0 spiro atoms. The van der Waals surface area contributed by atoms with E-state index in [1.165, 1.54) is 12.8 Å². The van der Waals surface area contributed by atoms with E-state index < -0.39 is 0 Å². The number of aromatic nitrogens is 4. The lowest BCUT2D eigenvalue weighted by Crippen LogP contribution is -2.12. The first-order chi connectivity index (χ1) is 9.13. The second kappa shape index (κ2) is 4.64. The van der Waals surface area contributed by atoms with Crippen molar-refractivity contribution in [2.45, 2.75) is 33.2 Å². The molecule has 100 valence electrons. The molecule has 1 aromatic carbocycles. The summed E-state index contributed by atoms with van der Waals surface area (Å²) in [5.41, 5.74) is 8.76. The van der Waals surface area contributed by atoms with Gasteiger partial charge in [0.25, 0.3) is 0 Å². The van der Waals surface area contributed by atoms with Gasteiger partial charge in [-0.15, -0.1) is 5.10 Å². The molecule has 0 radical (unpaired) electrons. The monoisotopic (exact) mass is 257 g/mol. The Morgan fingerprint density at radius 3 is 2.84 bits per heavy atom. The topological polar surface area (TPSA) is 69.6 Å². The van der Waals surface area contributed by atoms with Gasteiger partial charge in [-0.3, -0.25) is 0 Å². The van der Waals surface area contributed by atoms with Crippen molar-refractivity contribution >= 4 is 5.69 Å². The zero-order valence-corrected chi connectivity index (χ0v) is 11.4. The van der Waals surface area contributed by atoms with Crippen LogP contribution >= 0.6 is 0 Å². The van der Waals surface area contributed by atoms with E-state index in [2.05, 4.69) is 28.5 Å². The number of benzene rings is 1. The van der Waals surface area contributed by atoms with Gasteiger partial charge >= 0.3 is 0 Å². The number of hydrogen-bond donors (Lipinski definition) is 1. The molecule has 1 atom stereocenters. The van der Waals surface area contributed by atoms with Gasteiger partial charge < -0.3 is 5.73 Å². The minimum absolute atomic E-state index is 0.629. The molecule has 3 rings (SSSR count). The van der Waals surface area contributed by atoms with Gasteiger partial charge in [0, 0.05) is 17.8 Å². The van der Waals surface area contributed by atoms with E-state index in [1.807, 2.05) is 23.7 Å². The van der Waals surface area contributed by atoms with Crippen molar-refractivity contribution in [1.29, 1.82) is 0 Å². The Labute approximate surface area is 112 Å². The van der Waals surface area contributed by atoms with Crippen LogP contribution in [0.3, 0.4) is 0 Å². The van der Waals surface area contributed by atoms with Gasteiger partial charge in [-0.05, 0) is 65.8 Å². The van der Waals surface area contributed by atoms with Crippen LogP contribution in [0, 0.1) is 18.8 Å². The summed E-state index contributed by atoms with van der Waals surface area (Å²) in [4.78, 5) is 0. The molecule has 1 aliphatic carbocycles. The fourth-order valence-electron chi connectivity index (χ4n) is 2.56. The molecule has 0 aliphatic heterocycles. The molecule has 0 bridgehead atoms. The summed E-state index contributed by atoms with van der Waals surface area (Å²) < 4.78 is 1.90. The Hall–Kier alpha value is -1.91. The first-order valence-corrected chi connectivity index (χ1v) is 6.77. The van der Waals surface area contributed by atoms with Crippen LogP contribution in [-0.4, -0.2) is 20.2 Å². The Morgan fingerprint density at radius 2 is 2.16 bits per heavy atom. The molecule has 1 unspecified atom stereocenters. The summed E-state index contributed by atoms with van der Waals surface area (Å²) in [6, 6.07) is 5.95. The fourth-order valence-corrected chi connectivity index (χ4v) is 2.56. The number of anilines is 1. The van der Waals surface area contributed by atoms with Gasteiger partial charge in [0.15, 0.2) is 5.82 Å². The van der Waals surface area contributed by atoms with Gasteiger partial charge in [0.2, 0.25) is 0 Å². The first kappa shape index (κ1) is 12.1. The van der Waals surface area contributed by atoms with Crippen molar-refractivity contribution in [2.75, 3.05) is 5.73 Å². The third-order valence-electron chi connectivity index (χ3n) is 3.78. The van der Waals surface area contributed by atoms with Crippen molar-refractivity contribution in [3.8, 4) is 11.4 Å². The highest BCUT2D eigenvalue weighted by Crippen LogP contribution is 2.37.